The number of hydrogen-bond acceptors (Lipinski definition) is 5. The maximum absolute atomic E-state index is 12.4. The Labute approximate surface area is 143 Å². The molecule has 0 spiro atoms. The molecule has 0 heterocycles. The van der Waals surface area contributed by atoms with Crippen LogP contribution in [0.25, 0.3) is 0 Å². The Morgan fingerprint density at radius 1 is 1.12 bits per heavy atom. The second kappa shape index (κ2) is 8.89. The first kappa shape index (κ1) is 20.2. The number of nitrogens with one attached hydrogen (secondary N) is 2. The predicted octanol–water partition coefficient (Wildman–Crippen LogP) is 1.53. The Morgan fingerprint density at radius 3 is 2.29 bits per heavy atom. The summed E-state index contributed by atoms with van der Waals surface area (Å²) >= 11 is 0. The topological polar surface area (TPSA) is 93.7 Å². The third kappa shape index (κ3) is 5.68. The molecule has 0 aromatic heterocycles. The van der Waals surface area contributed by atoms with Gasteiger partial charge in [-0.2, -0.15) is 4.72 Å². The molecule has 7 nitrogen and oxygen atoms in total. The second-order valence-electron chi connectivity index (χ2n) is 5.83. The third-order valence-corrected chi connectivity index (χ3v) is 4.95. The highest BCUT2D eigenvalue weighted by molar-refractivity contribution is 7.89. The minimum Gasteiger partial charge on any atom is -0.493 e. The maximum Gasteiger partial charge on any atom is 0.241 e. The standard InChI is InChI=1S/C16H26N2O5S/c1-11(2)8-9-17-16(19)12(3)18-24(20,21)13-6-7-14(22-4)15(10-13)23-5/h6-7,10-12,18H,8-9H2,1-5H3,(H,17,19)/t12-/m0/s1. The molecule has 0 unspecified atom stereocenters. The highest BCUT2D eigenvalue weighted by Gasteiger charge is 2.23. The van der Waals surface area contributed by atoms with Crippen LogP contribution in [0.5, 0.6) is 11.5 Å². The highest BCUT2D eigenvalue weighted by Crippen LogP contribution is 2.29. The first-order chi connectivity index (χ1) is 11.2. The van der Waals surface area contributed by atoms with Crippen LogP contribution in [0, 0.1) is 5.92 Å². The van der Waals surface area contributed by atoms with Crippen LogP contribution in [-0.2, 0) is 14.8 Å². The van der Waals surface area contributed by atoms with Crippen LogP contribution in [0.3, 0.4) is 0 Å². The fraction of sp³-hybridized carbons (Fsp3) is 0.562. The van der Waals surface area contributed by atoms with Crippen LogP contribution in [0.1, 0.15) is 27.2 Å². The molecule has 24 heavy (non-hydrogen) atoms. The number of carbonyl (C=O) groups is 1. The molecule has 0 saturated carbocycles. The van der Waals surface area contributed by atoms with Crippen molar-refractivity contribution in [1.82, 2.24) is 10.0 Å². The molecule has 136 valence electrons. The van der Waals surface area contributed by atoms with Gasteiger partial charge in [-0.05, 0) is 31.4 Å². The largest absolute Gasteiger partial charge is 0.493 e. The minimum atomic E-state index is -3.85. The van der Waals surface area contributed by atoms with Crippen molar-refractivity contribution in [3.05, 3.63) is 18.2 Å². The molecule has 0 radical (unpaired) electrons. The van der Waals surface area contributed by atoms with E-state index in [1.807, 2.05) is 0 Å². The monoisotopic (exact) mass is 358 g/mol. The minimum absolute atomic E-state index is 0.00183. The lowest BCUT2D eigenvalue weighted by atomic mass is 10.1. The zero-order valence-electron chi connectivity index (χ0n) is 14.8. The van der Waals surface area contributed by atoms with Crippen LogP contribution in [0.4, 0.5) is 0 Å². The van der Waals surface area contributed by atoms with E-state index in [0.717, 1.165) is 6.42 Å². The quantitative estimate of drug-likeness (QED) is 0.698. The maximum atomic E-state index is 12.4. The summed E-state index contributed by atoms with van der Waals surface area (Å²) < 4.78 is 37.4. The fourth-order valence-corrected chi connectivity index (χ4v) is 3.19. The van der Waals surface area contributed by atoms with Gasteiger partial charge in [-0.25, -0.2) is 8.42 Å². The molecule has 0 aliphatic carbocycles. The number of methoxy groups -OCH3 is 2. The van der Waals surface area contributed by atoms with Gasteiger partial charge in [-0.1, -0.05) is 13.8 Å². The van der Waals surface area contributed by atoms with Crippen molar-refractivity contribution in [2.75, 3.05) is 20.8 Å². The smallest absolute Gasteiger partial charge is 0.241 e. The number of amides is 1. The van der Waals surface area contributed by atoms with Gasteiger partial charge < -0.3 is 14.8 Å². The van der Waals surface area contributed by atoms with Crippen molar-refractivity contribution in [3.8, 4) is 11.5 Å². The number of ether oxygens (including phenoxy) is 2. The first-order valence-corrected chi connectivity index (χ1v) is 9.21. The van der Waals surface area contributed by atoms with Crippen molar-refractivity contribution in [2.45, 2.75) is 38.1 Å². The summed E-state index contributed by atoms with van der Waals surface area (Å²) in [6.07, 6.45) is 0.834. The molecule has 0 saturated heterocycles. The van der Waals surface area contributed by atoms with E-state index in [2.05, 4.69) is 23.9 Å². The number of rotatable bonds is 9. The van der Waals surface area contributed by atoms with Gasteiger partial charge >= 0.3 is 0 Å². The van der Waals surface area contributed by atoms with E-state index in [-0.39, 0.29) is 10.8 Å². The molecular formula is C16H26N2O5S. The number of hydrogen-bond donors (Lipinski definition) is 2. The molecule has 8 heteroatoms. The lowest BCUT2D eigenvalue weighted by Gasteiger charge is -2.16. The van der Waals surface area contributed by atoms with E-state index < -0.39 is 16.1 Å². The Balaban J connectivity index is 2.80. The van der Waals surface area contributed by atoms with Gasteiger partial charge in [0.25, 0.3) is 0 Å². The van der Waals surface area contributed by atoms with E-state index in [9.17, 15) is 13.2 Å². The average Bonchev–Trinajstić information content (AvgIpc) is 2.53. The van der Waals surface area contributed by atoms with Gasteiger partial charge in [0, 0.05) is 12.6 Å². The highest BCUT2D eigenvalue weighted by atomic mass is 32.2. The summed E-state index contributed by atoms with van der Waals surface area (Å²) in [4.78, 5) is 12.0. The molecule has 0 fully saturated rings. The Hall–Kier alpha value is -1.80. The predicted molar refractivity (Wildman–Crippen MR) is 91.8 cm³/mol. The van der Waals surface area contributed by atoms with Crippen molar-refractivity contribution in [1.29, 1.82) is 0 Å². The number of carbonyl (C=O) groups excluding carboxylic acids is 1. The van der Waals surface area contributed by atoms with Crippen molar-refractivity contribution in [2.24, 2.45) is 5.92 Å². The Morgan fingerprint density at radius 2 is 1.75 bits per heavy atom. The van der Waals surface area contributed by atoms with Gasteiger partial charge in [0.2, 0.25) is 15.9 Å². The summed E-state index contributed by atoms with van der Waals surface area (Å²) in [5.41, 5.74) is 0. The lowest BCUT2D eigenvalue weighted by molar-refractivity contribution is -0.122. The Bertz CT molecular complexity index is 658. The molecule has 1 atom stereocenters. The van der Waals surface area contributed by atoms with Crippen LogP contribution >= 0.6 is 0 Å². The Kier molecular flexibility index (Phi) is 7.50. The summed E-state index contributed by atoms with van der Waals surface area (Å²) in [6, 6.07) is 3.37. The SMILES string of the molecule is COc1ccc(S(=O)(=O)N[C@@H](C)C(=O)NCCC(C)C)cc1OC. The van der Waals surface area contributed by atoms with Gasteiger partial charge in [0.1, 0.15) is 0 Å². The molecule has 1 aromatic rings. The van der Waals surface area contributed by atoms with Gasteiger partial charge in [0.15, 0.2) is 11.5 Å². The summed E-state index contributed by atoms with van der Waals surface area (Å²) in [7, 11) is -0.961. The second-order valence-corrected chi connectivity index (χ2v) is 7.55. The molecule has 0 aliphatic rings. The van der Waals surface area contributed by atoms with Gasteiger partial charge in [0.05, 0.1) is 25.2 Å². The van der Waals surface area contributed by atoms with Crippen molar-refractivity contribution < 1.29 is 22.7 Å². The van der Waals surface area contributed by atoms with Crippen LogP contribution in [0.2, 0.25) is 0 Å². The van der Waals surface area contributed by atoms with E-state index in [1.165, 1.54) is 39.3 Å². The van der Waals surface area contributed by atoms with Crippen molar-refractivity contribution >= 4 is 15.9 Å². The number of benzene rings is 1. The van der Waals surface area contributed by atoms with E-state index in [4.69, 9.17) is 9.47 Å². The third-order valence-electron chi connectivity index (χ3n) is 3.41. The zero-order chi connectivity index (χ0) is 18.3. The molecule has 0 aliphatic heterocycles. The van der Waals surface area contributed by atoms with Crippen LogP contribution < -0.4 is 19.5 Å². The fourth-order valence-electron chi connectivity index (χ4n) is 1.98. The number of sulfonamides is 1. The molecule has 1 rings (SSSR count). The average molecular weight is 358 g/mol. The summed E-state index contributed by atoms with van der Waals surface area (Å²) in [6.45, 7) is 6.12. The van der Waals surface area contributed by atoms with Crippen LogP contribution in [-0.4, -0.2) is 41.1 Å². The lowest BCUT2D eigenvalue weighted by Crippen LogP contribution is -2.45. The van der Waals surface area contributed by atoms with E-state index in [1.54, 1.807) is 0 Å². The molecule has 1 aromatic carbocycles. The molecule has 1 amide bonds. The van der Waals surface area contributed by atoms with Crippen molar-refractivity contribution in [3.63, 3.8) is 0 Å². The summed E-state index contributed by atoms with van der Waals surface area (Å²) in [5.74, 6) is 0.828. The molecule has 2 N–H and O–H groups in total. The molecule has 0 bridgehead atoms. The zero-order valence-corrected chi connectivity index (χ0v) is 15.6. The van der Waals surface area contributed by atoms with Crippen LogP contribution in [0.15, 0.2) is 23.1 Å². The normalized spacial score (nSPS) is 12.8. The van der Waals surface area contributed by atoms with Gasteiger partial charge in [-0.3, -0.25) is 4.79 Å². The molecular weight excluding hydrogens is 332 g/mol. The summed E-state index contributed by atoms with van der Waals surface area (Å²) in [5, 5.41) is 2.72. The van der Waals surface area contributed by atoms with Gasteiger partial charge in [-0.15, -0.1) is 0 Å². The van der Waals surface area contributed by atoms with E-state index >= 15 is 0 Å². The van der Waals surface area contributed by atoms with E-state index in [0.29, 0.717) is 24.0 Å². The first-order valence-electron chi connectivity index (χ1n) is 7.73.